The van der Waals surface area contributed by atoms with E-state index in [9.17, 15) is 15.2 Å². The standard InChI is InChI=1S/C21H16N4O2S/c22-12-16(18-9-5-11-28-18)24-21(27)15-8-4-10-25-17(13-23-20(15)25)19(26)14-6-2-1-3-7-14/h1-11,13,16,19,26H,(H,24,27). The number of fused-ring (bicyclic) bond motifs is 1. The van der Waals surface area contributed by atoms with E-state index in [0.717, 1.165) is 10.4 Å². The molecular weight excluding hydrogens is 372 g/mol. The van der Waals surface area contributed by atoms with Gasteiger partial charge in [0.25, 0.3) is 5.91 Å². The van der Waals surface area contributed by atoms with Crippen LogP contribution in [0.2, 0.25) is 0 Å². The maximum atomic E-state index is 12.8. The Balaban J connectivity index is 1.67. The maximum Gasteiger partial charge on any atom is 0.256 e. The van der Waals surface area contributed by atoms with Crippen molar-refractivity contribution < 1.29 is 9.90 Å². The zero-order valence-corrected chi connectivity index (χ0v) is 15.5. The lowest BCUT2D eigenvalue weighted by Gasteiger charge is -2.13. The topological polar surface area (TPSA) is 90.4 Å². The fourth-order valence-corrected chi connectivity index (χ4v) is 3.77. The molecule has 4 rings (SSSR count). The molecule has 0 aliphatic rings. The number of nitriles is 1. The van der Waals surface area contributed by atoms with Crippen LogP contribution in [0.5, 0.6) is 0 Å². The molecule has 2 atom stereocenters. The highest BCUT2D eigenvalue weighted by molar-refractivity contribution is 7.10. The van der Waals surface area contributed by atoms with Gasteiger partial charge in [0, 0.05) is 11.1 Å². The number of hydrogen-bond acceptors (Lipinski definition) is 5. The predicted octanol–water partition coefficient (Wildman–Crippen LogP) is 3.47. The van der Waals surface area contributed by atoms with E-state index in [0.29, 0.717) is 16.9 Å². The van der Waals surface area contributed by atoms with Crippen LogP contribution in [-0.2, 0) is 0 Å². The van der Waals surface area contributed by atoms with Crippen LogP contribution in [0.1, 0.15) is 38.6 Å². The second-order valence-corrected chi connectivity index (χ2v) is 7.14. The number of carbonyl (C=O) groups excluding carboxylic acids is 1. The summed E-state index contributed by atoms with van der Waals surface area (Å²) in [5, 5.41) is 24.7. The Morgan fingerprint density at radius 3 is 2.71 bits per heavy atom. The molecule has 0 saturated heterocycles. The third-order valence-corrected chi connectivity index (χ3v) is 5.37. The number of nitrogens with zero attached hydrogens (tertiary/aromatic N) is 3. The number of hydrogen-bond donors (Lipinski definition) is 2. The zero-order valence-electron chi connectivity index (χ0n) is 14.7. The number of aliphatic hydroxyl groups is 1. The Hall–Kier alpha value is -3.47. The molecule has 1 aromatic carbocycles. The van der Waals surface area contributed by atoms with Crippen LogP contribution in [-0.4, -0.2) is 20.4 Å². The first-order chi connectivity index (χ1) is 13.7. The van der Waals surface area contributed by atoms with Gasteiger partial charge in [0.2, 0.25) is 0 Å². The van der Waals surface area contributed by atoms with Crippen molar-refractivity contribution in [3.05, 3.63) is 94.1 Å². The van der Waals surface area contributed by atoms with E-state index in [2.05, 4.69) is 16.4 Å². The van der Waals surface area contributed by atoms with Gasteiger partial charge in [-0.05, 0) is 29.1 Å². The quantitative estimate of drug-likeness (QED) is 0.548. The minimum absolute atomic E-state index is 0.339. The van der Waals surface area contributed by atoms with Gasteiger partial charge in [-0.25, -0.2) is 4.98 Å². The second kappa shape index (κ2) is 7.64. The van der Waals surface area contributed by atoms with Crippen LogP contribution in [0, 0.1) is 11.3 Å². The molecule has 3 aromatic heterocycles. The Morgan fingerprint density at radius 2 is 2.00 bits per heavy atom. The summed E-state index contributed by atoms with van der Waals surface area (Å²) in [5.41, 5.74) is 2.06. The van der Waals surface area contributed by atoms with Crippen molar-refractivity contribution >= 4 is 22.9 Å². The van der Waals surface area contributed by atoms with E-state index in [1.807, 2.05) is 47.8 Å². The van der Waals surface area contributed by atoms with E-state index in [4.69, 9.17) is 0 Å². The van der Waals surface area contributed by atoms with E-state index in [1.165, 1.54) is 11.3 Å². The van der Waals surface area contributed by atoms with Crippen molar-refractivity contribution in [3.63, 3.8) is 0 Å². The Labute approximate surface area is 165 Å². The molecule has 0 radical (unpaired) electrons. The average Bonchev–Trinajstić information content (AvgIpc) is 3.41. The van der Waals surface area contributed by atoms with Crippen molar-refractivity contribution in [2.45, 2.75) is 12.1 Å². The number of benzene rings is 1. The number of aliphatic hydroxyl groups excluding tert-OH is 1. The number of rotatable bonds is 5. The summed E-state index contributed by atoms with van der Waals surface area (Å²) < 4.78 is 1.69. The van der Waals surface area contributed by atoms with Crippen molar-refractivity contribution in [1.82, 2.24) is 14.7 Å². The number of imidazole rings is 1. The van der Waals surface area contributed by atoms with Crippen LogP contribution in [0.4, 0.5) is 0 Å². The van der Waals surface area contributed by atoms with Gasteiger partial charge in [-0.15, -0.1) is 11.3 Å². The van der Waals surface area contributed by atoms with Gasteiger partial charge in [-0.1, -0.05) is 36.4 Å². The van der Waals surface area contributed by atoms with Crippen LogP contribution in [0.25, 0.3) is 5.65 Å². The van der Waals surface area contributed by atoms with Gasteiger partial charge < -0.3 is 14.8 Å². The monoisotopic (exact) mass is 388 g/mol. The molecule has 6 nitrogen and oxygen atoms in total. The first-order valence-electron chi connectivity index (χ1n) is 8.62. The van der Waals surface area contributed by atoms with Crippen molar-refractivity contribution in [2.24, 2.45) is 0 Å². The molecule has 2 N–H and O–H groups in total. The lowest BCUT2D eigenvalue weighted by Crippen LogP contribution is -2.27. The third kappa shape index (κ3) is 3.27. The highest BCUT2D eigenvalue weighted by Crippen LogP contribution is 2.24. The molecule has 7 heteroatoms. The molecule has 28 heavy (non-hydrogen) atoms. The first kappa shape index (κ1) is 17.9. The summed E-state index contributed by atoms with van der Waals surface area (Å²) >= 11 is 1.41. The Bertz CT molecular complexity index is 1150. The van der Waals surface area contributed by atoms with Crippen molar-refractivity contribution in [3.8, 4) is 6.07 Å². The fraction of sp³-hybridized carbons (Fsp3) is 0.0952. The number of aromatic nitrogens is 2. The van der Waals surface area contributed by atoms with E-state index in [-0.39, 0.29) is 0 Å². The zero-order chi connectivity index (χ0) is 19.5. The molecular formula is C21H16N4O2S. The van der Waals surface area contributed by atoms with Crippen LogP contribution < -0.4 is 5.32 Å². The van der Waals surface area contributed by atoms with Gasteiger partial charge >= 0.3 is 0 Å². The first-order valence-corrected chi connectivity index (χ1v) is 9.50. The van der Waals surface area contributed by atoms with Crippen molar-refractivity contribution in [1.29, 1.82) is 5.26 Å². The minimum Gasteiger partial charge on any atom is -0.382 e. The molecule has 0 aliphatic carbocycles. The predicted molar refractivity (Wildman–Crippen MR) is 106 cm³/mol. The average molecular weight is 388 g/mol. The summed E-state index contributed by atoms with van der Waals surface area (Å²) in [5.74, 6) is -0.392. The summed E-state index contributed by atoms with van der Waals surface area (Å²) in [6, 6.07) is 17.7. The molecule has 3 heterocycles. The molecule has 0 saturated carbocycles. The Morgan fingerprint density at radius 1 is 1.18 bits per heavy atom. The normalized spacial score (nSPS) is 13.0. The molecule has 4 aromatic rings. The molecule has 138 valence electrons. The summed E-state index contributed by atoms with van der Waals surface area (Å²) in [6.45, 7) is 0. The van der Waals surface area contributed by atoms with Gasteiger partial charge in [0.15, 0.2) is 6.04 Å². The number of pyridine rings is 1. The lowest BCUT2D eigenvalue weighted by atomic mass is 10.1. The third-order valence-electron chi connectivity index (χ3n) is 4.44. The number of thiophene rings is 1. The van der Waals surface area contributed by atoms with Gasteiger partial charge in [0.1, 0.15) is 11.8 Å². The van der Waals surface area contributed by atoms with Crippen LogP contribution >= 0.6 is 11.3 Å². The molecule has 0 aliphatic heterocycles. The number of amides is 1. The minimum atomic E-state index is -0.868. The van der Waals surface area contributed by atoms with Crippen LogP contribution in [0.15, 0.2) is 72.4 Å². The molecule has 1 amide bonds. The highest BCUT2D eigenvalue weighted by atomic mass is 32.1. The Kier molecular flexibility index (Phi) is 4.89. The lowest BCUT2D eigenvalue weighted by molar-refractivity contribution is 0.0946. The molecule has 0 bridgehead atoms. The largest absolute Gasteiger partial charge is 0.382 e. The van der Waals surface area contributed by atoms with E-state index < -0.39 is 18.1 Å². The maximum absolute atomic E-state index is 12.8. The van der Waals surface area contributed by atoms with Gasteiger partial charge in [0.05, 0.1) is 23.5 Å². The van der Waals surface area contributed by atoms with Gasteiger partial charge in [-0.2, -0.15) is 5.26 Å². The summed E-state index contributed by atoms with van der Waals surface area (Å²) in [4.78, 5) is 17.9. The van der Waals surface area contributed by atoms with Crippen LogP contribution in [0.3, 0.4) is 0 Å². The van der Waals surface area contributed by atoms with Crippen molar-refractivity contribution in [2.75, 3.05) is 0 Å². The SMILES string of the molecule is N#CC(NC(=O)c1cccn2c(C(O)c3ccccc3)cnc12)c1cccs1. The highest BCUT2D eigenvalue weighted by Gasteiger charge is 2.21. The smallest absolute Gasteiger partial charge is 0.256 e. The van der Waals surface area contributed by atoms with E-state index in [1.54, 1.807) is 28.9 Å². The number of nitrogens with one attached hydrogen (secondary N) is 1. The van der Waals surface area contributed by atoms with E-state index >= 15 is 0 Å². The second-order valence-electron chi connectivity index (χ2n) is 6.16. The molecule has 0 fully saturated rings. The summed E-state index contributed by atoms with van der Waals surface area (Å²) in [6.07, 6.45) is 2.44. The molecule has 2 unspecified atom stereocenters. The van der Waals surface area contributed by atoms with Gasteiger partial charge in [-0.3, -0.25) is 4.79 Å². The summed E-state index contributed by atoms with van der Waals surface area (Å²) in [7, 11) is 0. The number of carbonyl (C=O) groups is 1. The fourth-order valence-electron chi connectivity index (χ4n) is 3.05. The molecule has 0 spiro atoms.